The van der Waals surface area contributed by atoms with Crippen molar-refractivity contribution in [3.05, 3.63) is 35.1 Å². The Morgan fingerprint density at radius 1 is 1.09 bits per heavy atom. The van der Waals surface area contributed by atoms with Gasteiger partial charge in [-0.3, -0.25) is 0 Å². The molecule has 0 aliphatic rings. The van der Waals surface area contributed by atoms with Crippen LogP contribution in [0.4, 0.5) is 13.2 Å². The van der Waals surface area contributed by atoms with E-state index in [-0.39, 0.29) is 11.6 Å². The van der Waals surface area contributed by atoms with Crippen molar-refractivity contribution in [2.45, 2.75) is 6.04 Å². The quantitative estimate of drug-likeness (QED) is 0.448. The standard InChI is InChI=1S/C7H4F3Si/c8-5-2-1-4(3-11)6(9)7(5)10/h1-2H,3H2. The molecule has 1 aromatic rings. The van der Waals surface area contributed by atoms with Crippen molar-refractivity contribution in [1.82, 2.24) is 0 Å². The van der Waals surface area contributed by atoms with Crippen LogP contribution in [0, 0.1) is 17.5 Å². The highest BCUT2D eigenvalue weighted by Crippen LogP contribution is 2.14. The van der Waals surface area contributed by atoms with E-state index in [1.165, 1.54) is 6.07 Å². The van der Waals surface area contributed by atoms with E-state index in [0.29, 0.717) is 0 Å². The van der Waals surface area contributed by atoms with Gasteiger partial charge in [0.05, 0.1) is 0 Å². The second kappa shape index (κ2) is 3.09. The van der Waals surface area contributed by atoms with Gasteiger partial charge in [-0.2, -0.15) is 0 Å². The van der Waals surface area contributed by atoms with E-state index in [2.05, 4.69) is 10.2 Å². The van der Waals surface area contributed by atoms with Crippen molar-refractivity contribution >= 4 is 10.2 Å². The molecule has 11 heavy (non-hydrogen) atoms. The van der Waals surface area contributed by atoms with Gasteiger partial charge >= 0.3 is 0 Å². The van der Waals surface area contributed by atoms with E-state index in [1.807, 2.05) is 0 Å². The van der Waals surface area contributed by atoms with Crippen LogP contribution in [0.3, 0.4) is 0 Å². The zero-order valence-electron chi connectivity index (χ0n) is 5.50. The van der Waals surface area contributed by atoms with Gasteiger partial charge in [-0.05, 0) is 17.7 Å². The fourth-order valence-corrected chi connectivity index (χ4v) is 0.975. The highest BCUT2D eigenvalue weighted by atomic mass is 28.1. The summed E-state index contributed by atoms with van der Waals surface area (Å²) < 4.78 is 37.3. The summed E-state index contributed by atoms with van der Waals surface area (Å²) in [6.45, 7) is 0. The van der Waals surface area contributed by atoms with Gasteiger partial charge in [-0.25, -0.2) is 13.2 Å². The molecule has 0 N–H and O–H groups in total. The molecule has 0 bridgehead atoms. The predicted octanol–water partition coefficient (Wildman–Crippen LogP) is 1.77. The van der Waals surface area contributed by atoms with Crippen LogP contribution in [0.15, 0.2) is 12.1 Å². The molecule has 0 aromatic heterocycles. The Kier molecular flexibility index (Phi) is 2.33. The molecule has 4 heteroatoms. The van der Waals surface area contributed by atoms with Crippen LogP contribution in [0.1, 0.15) is 5.56 Å². The Balaban J connectivity index is 3.25. The minimum absolute atomic E-state index is 0.112. The number of hydrogen-bond acceptors (Lipinski definition) is 0. The van der Waals surface area contributed by atoms with Crippen LogP contribution in [0.5, 0.6) is 0 Å². The molecule has 0 heterocycles. The van der Waals surface area contributed by atoms with Gasteiger partial charge in [-0.15, -0.1) is 0 Å². The number of rotatable bonds is 1. The van der Waals surface area contributed by atoms with Gasteiger partial charge in [0.15, 0.2) is 17.5 Å². The van der Waals surface area contributed by atoms with Gasteiger partial charge < -0.3 is 0 Å². The molecule has 1 aromatic carbocycles. The fraction of sp³-hybridized carbons (Fsp3) is 0.143. The van der Waals surface area contributed by atoms with Crippen molar-refractivity contribution in [2.24, 2.45) is 0 Å². The third kappa shape index (κ3) is 1.45. The largest absolute Gasteiger partial charge is 0.204 e. The van der Waals surface area contributed by atoms with Gasteiger partial charge in [-0.1, -0.05) is 6.07 Å². The van der Waals surface area contributed by atoms with Gasteiger partial charge in [0.25, 0.3) is 0 Å². The van der Waals surface area contributed by atoms with Crippen LogP contribution in [0.25, 0.3) is 0 Å². The average Bonchev–Trinajstić information content (AvgIpc) is 2.01. The lowest BCUT2D eigenvalue weighted by molar-refractivity contribution is 0.443. The molecular formula is C7H4F3Si. The highest BCUT2D eigenvalue weighted by Gasteiger charge is 2.10. The summed E-state index contributed by atoms with van der Waals surface area (Å²) in [6, 6.07) is 2.26. The molecule has 0 saturated heterocycles. The van der Waals surface area contributed by atoms with E-state index in [4.69, 9.17) is 0 Å². The first-order valence-corrected chi connectivity index (χ1v) is 3.64. The minimum atomic E-state index is -1.42. The first kappa shape index (κ1) is 8.32. The van der Waals surface area contributed by atoms with E-state index in [0.717, 1.165) is 6.07 Å². The first-order chi connectivity index (χ1) is 5.16. The molecular weight excluding hydrogens is 169 g/mol. The molecule has 3 radical (unpaired) electrons. The van der Waals surface area contributed by atoms with Gasteiger partial charge in [0.1, 0.15) is 0 Å². The minimum Gasteiger partial charge on any atom is -0.204 e. The summed E-state index contributed by atoms with van der Waals surface area (Å²) in [4.78, 5) is 0. The molecule has 0 amide bonds. The third-order valence-electron chi connectivity index (χ3n) is 1.31. The zero-order valence-corrected chi connectivity index (χ0v) is 6.50. The molecule has 0 spiro atoms. The fourth-order valence-electron chi connectivity index (χ4n) is 0.702. The van der Waals surface area contributed by atoms with Crippen molar-refractivity contribution in [3.63, 3.8) is 0 Å². The smallest absolute Gasteiger partial charge is 0.194 e. The molecule has 0 nitrogen and oxygen atoms in total. The maximum atomic E-state index is 12.6. The lowest BCUT2D eigenvalue weighted by Gasteiger charge is -1.99. The van der Waals surface area contributed by atoms with Crippen molar-refractivity contribution in [1.29, 1.82) is 0 Å². The monoisotopic (exact) mass is 173 g/mol. The molecule has 0 unspecified atom stereocenters. The van der Waals surface area contributed by atoms with E-state index >= 15 is 0 Å². The van der Waals surface area contributed by atoms with Crippen LogP contribution >= 0.6 is 0 Å². The lowest BCUT2D eigenvalue weighted by Crippen LogP contribution is -1.97. The highest BCUT2D eigenvalue weighted by molar-refractivity contribution is 6.08. The summed E-state index contributed by atoms with van der Waals surface area (Å²) in [6.07, 6.45) is 0. The summed E-state index contributed by atoms with van der Waals surface area (Å²) in [5.41, 5.74) is 0.112. The Bertz CT molecular complexity index is 273. The van der Waals surface area contributed by atoms with Crippen LogP contribution < -0.4 is 0 Å². The lowest BCUT2D eigenvalue weighted by atomic mass is 10.2. The predicted molar refractivity (Wildman–Crippen MR) is 35.8 cm³/mol. The van der Waals surface area contributed by atoms with Crippen LogP contribution in [-0.2, 0) is 6.04 Å². The Morgan fingerprint density at radius 2 is 1.73 bits per heavy atom. The van der Waals surface area contributed by atoms with Crippen LogP contribution in [0.2, 0.25) is 0 Å². The molecule has 1 rings (SSSR count). The maximum Gasteiger partial charge on any atom is 0.194 e. The summed E-state index contributed by atoms with van der Waals surface area (Å²) in [5.74, 6) is -3.70. The summed E-state index contributed by atoms with van der Waals surface area (Å²) in [5, 5.41) is 0. The maximum absolute atomic E-state index is 12.6. The van der Waals surface area contributed by atoms with Crippen molar-refractivity contribution < 1.29 is 13.2 Å². The zero-order chi connectivity index (χ0) is 8.43. The molecule has 0 aliphatic carbocycles. The SMILES string of the molecule is Fc1ccc(C[Si])c(F)c1F. The Hall–Kier alpha value is -0.773. The molecule has 0 saturated carbocycles. The van der Waals surface area contributed by atoms with Crippen molar-refractivity contribution in [3.8, 4) is 0 Å². The Morgan fingerprint density at radius 3 is 2.27 bits per heavy atom. The van der Waals surface area contributed by atoms with Gasteiger partial charge in [0, 0.05) is 10.2 Å². The first-order valence-electron chi connectivity index (χ1n) is 2.93. The second-order valence-corrected chi connectivity index (χ2v) is 2.36. The van der Waals surface area contributed by atoms with Crippen LogP contribution in [-0.4, -0.2) is 10.2 Å². The third-order valence-corrected chi connectivity index (χ3v) is 1.69. The molecule has 57 valence electrons. The molecule has 0 fully saturated rings. The van der Waals surface area contributed by atoms with E-state index in [1.54, 1.807) is 0 Å². The normalized spacial score (nSPS) is 10.2. The second-order valence-electron chi connectivity index (χ2n) is 2.01. The topological polar surface area (TPSA) is 0 Å². The number of benzene rings is 1. The number of hydrogen-bond donors (Lipinski definition) is 0. The Labute approximate surface area is 65.5 Å². The van der Waals surface area contributed by atoms with Gasteiger partial charge in [0.2, 0.25) is 0 Å². The van der Waals surface area contributed by atoms with E-state index < -0.39 is 17.5 Å². The number of halogens is 3. The van der Waals surface area contributed by atoms with Crippen molar-refractivity contribution in [2.75, 3.05) is 0 Å². The summed E-state index contributed by atoms with van der Waals surface area (Å²) >= 11 is 0. The molecule has 0 aliphatic heterocycles. The summed E-state index contributed by atoms with van der Waals surface area (Å²) in [7, 11) is 2.98. The molecule has 0 atom stereocenters. The average molecular weight is 173 g/mol. The van der Waals surface area contributed by atoms with E-state index in [9.17, 15) is 13.2 Å².